The molecular formula is C51H31N3S2. The molecule has 3 heterocycles. The number of benzene rings is 8. The lowest BCUT2D eigenvalue weighted by Crippen LogP contribution is -2.00. The Balaban J connectivity index is 1.13. The van der Waals surface area contributed by atoms with Gasteiger partial charge in [-0.15, -0.1) is 22.7 Å². The van der Waals surface area contributed by atoms with E-state index in [1.165, 1.54) is 68.2 Å². The molecular weight excluding hydrogens is 719 g/mol. The molecule has 0 amide bonds. The summed E-state index contributed by atoms with van der Waals surface area (Å²) in [5.74, 6) is 1.97. The van der Waals surface area contributed by atoms with Gasteiger partial charge in [-0.05, 0) is 58.1 Å². The second-order valence-corrected chi connectivity index (χ2v) is 16.0. The fourth-order valence-corrected chi connectivity index (χ4v) is 10.4. The van der Waals surface area contributed by atoms with E-state index in [0.717, 1.165) is 22.3 Å². The molecule has 0 atom stereocenters. The lowest BCUT2D eigenvalue weighted by Gasteiger charge is -2.12. The van der Waals surface area contributed by atoms with Crippen LogP contribution < -0.4 is 0 Å². The SMILES string of the molecule is c1ccc(-c2cc(-c3cccc(-c4nc(-c5ccccc5)nc(-c5cccc6c5sc5ccccc56)n4)c3)c3sc4c(-c5ccccc5)cccc4c3c2)cc1. The molecule has 0 saturated heterocycles. The van der Waals surface area contributed by atoms with Gasteiger partial charge in [-0.25, -0.2) is 15.0 Å². The fraction of sp³-hybridized carbons (Fsp3) is 0. The van der Waals surface area contributed by atoms with Gasteiger partial charge in [0.25, 0.3) is 0 Å². The molecule has 0 saturated carbocycles. The Bertz CT molecular complexity index is 3240. The van der Waals surface area contributed by atoms with Crippen molar-refractivity contribution in [2.75, 3.05) is 0 Å². The zero-order valence-corrected chi connectivity index (χ0v) is 31.7. The van der Waals surface area contributed by atoms with Gasteiger partial charge in [-0.3, -0.25) is 0 Å². The molecule has 5 heteroatoms. The third kappa shape index (κ3) is 5.60. The molecule has 262 valence electrons. The van der Waals surface area contributed by atoms with Crippen LogP contribution in [0.2, 0.25) is 0 Å². The standard InChI is InChI=1S/C51H31N3S2/c1-4-15-32(16-5-1)37-30-43(48-44(31-37)41-26-13-24-38(46(41)56-48)33-17-6-2-7-18-33)35-21-12-22-36(29-35)50-52-49(34-19-8-3-9-20-34)53-51(54-50)42-27-14-25-40-39-23-10-11-28-45(39)55-47(40)42/h1-31H. The van der Waals surface area contributed by atoms with Gasteiger partial charge >= 0.3 is 0 Å². The lowest BCUT2D eigenvalue weighted by atomic mass is 9.94. The maximum Gasteiger partial charge on any atom is 0.165 e. The Hall–Kier alpha value is -6.79. The van der Waals surface area contributed by atoms with Gasteiger partial charge in [-0.2, -0.15) is 0 Å². The van der Waals surface area contributed by atoms with Gasteiger partial charge in [0.05, 0.1) is 0 Å². The van der Waals surface area contributed by atoms with Crippen molar-refractivity contribution in [1.82, 2.24) is 15.0 Å². The summed E-state index contributed by atoms with van der Waals surface area (Å²) in [4.78, 5) is 15.5. The highest BCUT2D eigenvalue weighted by molar-refractivity contribution is 7.27. The summed E-state index contributed by atoms with van der Waals surface area (Å²) in [6, 6.07) is 66.8. The van der Waals surface area contributed by atoms with Crippen molar-refractivity contribution in [2.45, 2.75) is 0 Å². The molecule has 0 aliphatic rings. The van der Waals surface area contributed by atoms with E-state index in [0.29, 0.717) is 17.5 Å². The van der Waals surface area contributed by atoms with Crippen LogP contribution in [0.3, 0.4) is 0 Å². The molecule has 56 heavy (non-hydrogen) atoms. The Morgan fingerprint density at radius 1 is 0.268 bits per heavy atom. The third-order valence-corrected chi connectivity index (χ3v) is 13.0. The highest BCUT2D eigenvalue weighted by Crippen LogP contribution is 2.46. The number of rotatable bonds is 6. The van der Waals surface area contributed by atoms with Gasteiger partial charge < -0.3 is 0 Å². The van der Waals surface area contributed by atoms with E-state index in [4.69, 9.17) is 15.0 Å². The van der Waals surface area contributed by atoms with E-state index in [1.807, 2.05) is 29.5 Å². The first-order valence-corrected chi connectivity index (χ1v) is 20.3. The van der Waals surface area contributed by atoms with Crippen LogP contribution in [-0.4, -0.2) is 15.0 Å². The van der Waals surface area contributed by atoms with Crippen molar-refractivity contribution in [3.63, 3.8) is 0 Å². The van der Waals surface area contributed by atoms with Crippen LogP contribution in [0.25, 0.3) is 108 Å². The van der Waals surface area contributed by atoms with Gasteiger partial charge in [0, 0.05) is 62.6 Å². The minimum atomic E-state index is 0.645. The van der Waals surface area contributed by atoms with E-state index in [9.17, 15) is 0 Å². The van der Waals surface area contributed by atoms with Crippen molar-refractivity contribution >= 4 is 63.0 Å². The van der Waals surface area contributed by atoms with Crippen LogP contribution in [0.5, 0.6) is 0 Å². The Morgan fingerprint density at radius 2 is 0.786 bits per heavy atom. The molecule has 11 aromatic rings. The average molecular weight is 750 g/mol. The van der Waals surface area contributed by atoms with E-state index in [1.54, 1.807) is 11.3 Å². The molecule has 0 aliphatic heterocycles. The van der Waals surface area contributed by atoms with Crippen molar-refractivity contribution in [3.8, 4) is 67.5 Å². The second-order valence-electron chi connectivity index (χ2n) is 14.0. The number of hydrogen-bond donors (Lipinski definition) is 0. The first-order chi connectivity index (χ1) is 27.7. The highest BCUT2D eigenvalue weighted by Gasteiger charge is 2.19. The number of aromatic nitrogens is 3. The summed E-state index contributed by atoms with van der Waals surface area (Å²) >= 11 is 3.66. The molecule has 0 aliphatic carbocycles. The van der Waals surface area contributed by atoms with Gasteiger partial charge in [0.15, 0.2) is 17.5 Å². The molecule has 8 aromatic carbocycles. The number of nitrogens with zero attached hydrogens (tertiary/aromatic N) is 3. The summed E-state index contributed by atoms with van der Waals surface area (Å²) < 4.78 is 4.99. The van der Waals surface area contributed by atoms with E-state index < -0.39 is 0 Å². The topological polar surface area (TPSA) is 38.7 Å². The van der Waals surface area contributed by atoms with Gasteiger partial charge in [0.1, 0.15) is 0 Å². The summed E-state index contributed by atoms with van der Waals surface area (Å²) in [5.41, 5.74) is 10.1. The Morgan fingerprint density at radius 3 is 1.55 bits per heavy atom. The molecule has 0 N–H and O–H groups in total. The van der Waals surface area contributed by atoms with Crippen molar-refractivity contribution in [1.29, 1.82) is 0 Å². The minimum Gasteiger partial charge on any atom is -0.208 e. The van der Waals surface area contributed by atoms with E-state index in [2.05, 4.69) is 170 Å². The van der Waals surface area contributed by atoms with Crippen LogP contribution in [0, 0.1) is 0 Å². The minimum absolute atomic E-state index is 0.645. The lowest BCUT2D eigenvalue weighted by molar-refractivity contribution is 1.08. The summed E-state index contributed by atoms with van der Waals surface area (Å²) in [6.45, 7) is 0. The van der Waals surface area contributed by atoms with Crippen molar-refractivity contribution < 1.29 is 0 Å². The Kier molecular flexibility index (Phi) is 7.87. The smallest absolute Gasteiger partial charge is 0.165 e. The molecule has 11 rings (SSSR count). The van der Waals surface area contributed by atoms with Crippen LogP contribution in [0.1, 0.15) is 0 Å². The van der Waals surface area contributed by atoms with Crippen molar-refractivity contribution in [3.05, 3.63) is 188 Å². The molecule has 0 radical (unpaired) electrons. The molecule has 0 spiro atoms. The zero-order chi connectivity index (χ0) is 37.0. The van der Waals surface area contributed by atoms with Gasteiger partial charge in [-0.1, -0.05) is 158 Å². The molecule has 3 aromatic heterocycles. The monoisotopic (exact) mass is 749 g/mol. The van der Waals surface area contributed by atoms with Crippen LogP contribution in [-0.2, 0) is 0 Å². The first kappa shape index (κ1) is 32.6. The first-order valence-electron chi connectivity index (χ1n) is 18.7. The number of fused-ring (bicyclic) bond motifs is 6. The van der Waals surface area contributed by atoms with E-state index >= 15 is 0 Å². The molecule has 0 fully saturated rings. The van der Waals surface area contributed by atoms with E-state index in [-0.39, 0.29) is 0 Å². The zero-order valence-electron chi connectivity index (χ0n) is 30.1. The fourth-order valence-electron chi connectivity index (χ4n) is 7.85. The predicted octanol–water partition coefficient (Wildman–Crippen LogP) is 14.6. The molecule has 0 bridgehead atoms. The summed E-state index contributed by atoms with van der Waals surface area (Å²) in [7, 11) is 0. The summed E-state index contributed by atoms with van der Waals surface area (Å²) in [6.07, 6.45) is 0. The second kappa shape index (κ2) is 13.5. The maximum absolute atomic E-state index is 5.25. The average Bonchev–Trinajstić information content (AvgIpc) is 3.86. The predicted molar refractivity (Wildman–Crippen MR) is 238 cm³/mol. The summed E-state index contributed by atoms with van der Waals surface area (Å²) in [5, 5.41) is 5.00. The molecule has 0 unspecified atom stereocenters. The normalized spacial score (nSPS) is 11.6. The van der Waals surface area contributed by atoms with Crippen LogP contribution in [0.4, 0.5) is 0 Å². The quantitative estimate of drug-likeness (QED) is 0.170. The highest BCUT2D eigenvalue weighted by atomic mass is 32.1. The Labute approximate surface area is 331 Å². The molecule has 3 nitrogen and oxygen atoms in total. The van der Waals surface area contributed by atoms with Crippen molar-refractivity contribution in [2.24, 2.45) is 0 Å². The largest absolute Gasteiger partial charge is 0.208 e. The number of thiophene rings is 2. The van der Waals surface area contributed by atoms with Crippen LogP contribution in [0.15, 0.2) is 188 Å². The third-order valence-electron chi connectivity index (χ3n) is 10.5. The maximum atomic E-state index is 5.25. The number of hydrogen-bond acceptors (Lipinski definition) is 5. The van der Waals surface area contributed by atoms with Gasteiger partial charge in [0.2, 0.25) is 0 Å². The van der Waals surface area contributed by atoms with Crippen LogP contribution >= 0.6 is 22.7 Å².